The highest BCUT2D eigenvalue weighted by atomic mass is 15.4. The first kappa shape index (κ1) is 14.0. The molecule has 0 aliphatic carbocycles. The van der Waals surface area contributed by atoms with Crippen LogP contribution in [0.4, 0.5) is 5.95 Å². The van der Waals surface area contributed by atoms with Crippen molar-refractivity contribution in [2.24, 2.45) is 0 Å². The number of anilines is 1. The minimum absolute atomic E-state index is 0.209. The number of benzene rings is 2. The number of nitrogens with zero attached hydrogens (tertiary/aromatic N) is 3. The standard InChI is InChI=1S/C19H20N4/c1-13-7-9-15(10-8-13)17-11-18(16-6-4-3-5-14(16)2)23-19(22-17)20-12-21-23/h3-10,12,17-18H,11H2,1-2H3,(H,20,21,22)/t17-,18+/m1/s1. The Morgan fingerprint density at radius 1 is 1.04 bits per heavy atom. The summed E-state index contributed by atoms with van der Waals surface area (Å²) in [6.45, 7) is 4.28. The van der Waals surface area contributed by atoms with Crippen LogP contribution in [0.5, 0.6) is 0 Å². The van der Waals surface area contributed by atoms with E-state index in [2.05, 4.69) is 77.8 Å². The van der Waals surface area contributed by atoms with Crippen LogP contribution in [0.1, 0.15) is 40.8 Å². The third kappa shape index (κ3) is 2.50. The molecule has 4 rings (SSSR count). The second-order valence-corrected chi connectivity index (χ2v) is 6.24. The molecule has 0 fully saturated rings. The maximum Gasteiger partial charge on any atom is 0.222 e. The van der Waals surface area contributed by atoms with E-state index in [-0.39, 0.29) is 12.1 Å². The Morgan fingerprint density at radius 3 is 2.61 bits per heavy atom. The van der Waals surface area contributed by atoms with Gasteiger partial charge in [0.25, 0.3) is 0 Å². The Morgan fingerprint density at radius 2 is 1.83 bits per heavy atom. The average molecular weight is 304 g/mol. The normalized spacial score (nSPS) is 19.9. The Kier molecular flexibility index (Phi) is 3.37. The summed E-state index contributed by atoms with van der Waals surface area (Å²) in [5.74, 6) is 0.843. The Hall–Kier alpha value is -2.62. The third-order valence-corrected chi connectivity index (χ3v) is 4.66. The maximum absolute atomic E-state index is 4.44. The van der Waals surface area contributed by atoms with E-state index in [4.69, 9.17) is 0 Å². The first-order chi connectivity index (χ1) is 11.2. The molecule has 1 aromatic heterocycles. The first-order valence-electron chi connectivity index (χ1n) is 8.00. The Labute approximate surface area is 136 Å². The number of rotatable bonds is 2. The van der Waals surface area contributed by atoms with E-state index in [0.717, 1.165) is 12.4 Å². The zero-order chi connectivity index (χ0) is 15.8. The van der Waals surface area contributed by atoms with Crippen LogP contribution < -0.4 is 5.32 Å². The summed E-state index contributed by atoms with van der Waals surface area (Å²) in [6, 6.07) is 17.7. The second-order valence-electron chi connectivity index (χ2n) is 6.24. The predicted molar refractivity (Wildman–Crippen MR) is 91.5 cm³/mol. The number of hydrogen-bond donors (Lipinski definition) is 1. The van der Waals surface area contributed by atoms with Crippen LogP contribution in [0.3, 0.4) is 0 Å². The monoisotopic (exact) mass is 304 g/mol. The van der Waals surface area contributed by atoms with Crippen LogP contribution >= 0.6 is 0 Å². The number of aromatic nitrogens is 3. The van der Waals surface area contributed by atoms with Crippen molar-refractivity contribution in [1.29, 1.82) is 0 Å². The zero-order valence-electron chi connectivity index (χ0n) is 13.4. The van der Waals surface area contributed by atoms with Crippen molar-refractivity contribution < 1.29 is 0 Å². The number of aryl methyl sites for hydroxylation is 2. The molecule has 116 valence electrons. The van der Waals surface area contributed by atoms with Gasteiger partial charge in [-0.2, -0.15) is 10.1 Å². The van der Waals surface area contributed by atoms with Gasteiger partial charge in [-0.3, -0.25) is 0 Å². The van der Waals surface area contributed by atoms with Gasteiger partial charge in [-0.25, -0.2) is 4.68 Å². The zero-order valence-corrected chi connectivity index (χ0v) is 13.4. The van der Waals surface area contributed by atoms with E-state index in [1.54, 1.807) is 6.33 Å². The largest absolute Gasteiger partial charge is 0.348 e. The second kappa shape index (κ2) is 5.54. The summed E-state index contributed by atoms with van der Waals surface area (Å²) in [5.41, 5.74) is 5.19. The van der Waals surface area contributed by atoms with E-state index in [0.29, 0.717) is 0 Å². The third-order valence-electron chi connectivity index (χ3n) is 4.66. The molecule has 0 radical (unpaired) electrons. The van der Waals surface area contributed by atoms with Gasteiger partial charge in [0.1, 0.15) is 6.33 Å². The number of hydrogen-bond acceptors (Lipinski definition) is 3. The van der Waals surface area contributed by atoms with Gasteiger partial charge in [0, 0.05) is 0 Å². The molecule has 0 saturated heterocycles. The summed E-state index contributed by atoms with van der Waals surface area (Å²) in [5, 5.41) is 7.96. The van der Waals surface area contributed by atoms with Gasteiger partial charge in [-0.05, 0) is 37.0 Å². The molecule has 0 saturated carbocycles. The Balaban J connectivity index is 1.75. The minimum Gasteiger partial charge on any atom is -0.348 e. The molecular formula is C19H20N4. The molecule has 3 aromatic rings. The SMILES string of the molecule is Cc1ccc([C@H]2C[C@@H](c3ccccc3C)n3ncnc3N2)cc1. The van der Waals surface area contributed by atoms with E-state index >= 15 is 0 Å². The maximum atomic E-state index is 4.44. The molecule has 4 heteroatoms. The number of fused-ring (bicyclic) bond motifs is 1. The highest BCUT2D eigenvalue weighted by Gasteiger charge is 2.30. The molecule has 1 N–H and O–H groups in total. The average Bonchev–Trinajstić information content (AvgIpc) is 3.04. The highest BCUT2D eigenvalue weighted by molar-refractivity contribution is 5.40. The molecule has 0 amide bonds. The Bertz CT molecular complexity index is 819. The summed E-state index contributed by atoms with van der Waals surface area (Å²) < 4.78 is 2.01. The predicted octanol–water partition coefficient (Wildman–Crippen LogP) is 4.04. The van der Waals surface area contributed by atoms with Crippen LogP contribution in [-0.4, -0.2) is 14.8 Å². The van der Waals surface area contributed by atoms with Crippen molar-refractivity contribution in [3.63, 3.8) is 0 Å². The number of nitrogens with one attached hydrogen (secondary N) is 1. The van der Waals surface area contributed by atoms with Crippen molar-refractivity contribution in [2.45, 2.75) is 32.4 Å². The molecule has 23 heavy (non-hydrogen) atoms. The fourth-order valence-corrected chi connectivity index (χ4v) is 3.36. The van der Waals surface area contributed by atoms with Gasteiger partial charge in [0.2, 0.25) is 5.95 Å². The molecule has 2 heterocycles. The van der Waals surface area contributed by atoms with Gasteiger partial charge in [-0.15, -0.1) is 0 Å². The molecule has 2 atom stereocenters. The van der Waals surface area contributed by atoms with Crippen LogP contribution in [-0.2, 0) is 0 Å². The van der Waals surface area contributed by atoms with Crippen LogP contribution in [0.15, 0.2) is 54.9 Å². The molecular weight excluding hydrogens is 284 g/mol. The lowest BCUT2D eigenvalue weighted by Crippen LogP contribution is -2.28. The highest BCUT2D eigenvalue weighted by Crippen LogP contribution is 2.38. The molecule has 0 spiro atoms. The van der Waals surface area contributed by atoms with E-state index in [9.17, 15) is 0 Å². The lowest BCUT2D eigenvalue weighted by atomic mass is 9.91. The van der Waals surface area contributed by atoms with Gasteiger partial charge in [0.05, 0.1) is 12.1 Å². The lowest BCUT2D eigenvalue weighted by molar-refractivity contribution is 0.429. The summed E-state index contributed by atoms with van der Waals surface area (Å²) in [6.07, 6.45) is 2.59. The fourth-order valence-electron chi connectivity index (χ4n) is 3.36. The van der Waals surface area contributed by atoms with E-state index in [1.807, 2.05) is 4.68 Å². The molecule has 1 aliphatic heterocycles. The van der Waals surface area contributed by atoms with Crippen molar-refractivity contribution in [2.75, 3.05) is 5.32 Å². The van der Waals surface area contributed by atoms with Crippen molar-refractivity contribution in [1.82, 2.24) is 14.8 Å². The fraction of sp³-hybridized carbons (Fsp3) is 0.263. The minimum atomic E-state index is 0.209. The summed E-state index contributed by atoms with van der Waals surface area (Å²) >= 11 is 0. The van der Waals surface area contributed by atoms with Crippen molar-refractivity contribution in [3.8, 4) is 0 Å². The first-order valence-corrected chi connectivity index (χ1v) is 8.00. The lowest BCUT2D eigenvalue weighted by Gasteiger charge is -2.32. The molecule has 4 nitrogen and oxygen atoms in total. The van der Waals surface area contributed by atoms with Gasteiger partial charge < -0.3 is 5.32 Å². The molecule has 2 aromatic carbocycles. The smallest absolute Gasteiger partial charge is 0.222 e. The quantitative estimate of drug-likeness (QED) is 0.777. The molecule has 0 unspecified atom stereocenters. The van der Waals surface area contributed by atoms with Crippen LogP contribution in [0.2, 0.25) is 0 Å². The summed E-state index contributed by atoms with van der Waals surface area (Å²) in [7, 11) is 0. The summed E-state index contributed by atoms with van der Waals surface area (Å²) in [4.78, 5) is 4.40. The van der Waals surface area contributed by atoms with Crippen molar-refractivity contribution in [3.05, 3.63) is 77.1 Å². The molecule has 1 aliphatic rings. The van der Waals surface area contributed by atoms with E-state index in [1.165, 1.54) is 22.3 Å². The van der Waals surface area contributed by atoms with Gasteiger partial charge in [0.15, 0.2) is 0 Å². The van der Waals surface area contributed by atoms with E-state index < -0.39 is 0 Å². The van der Waals surface area contributed by atoms with Crippen LogP contribution in [0.25, 0.3) is 0 Å². The van der Waals surface area contributed by atoms with Crippen molar-refractivity contribution >= 4 is 5.95 Å². The van der Waals surface area contributed by atoms with Gasteiger partial charge >= 0.3 is 0 Å². The molecule has 0 bridgehead atoms. The van der Waals surface area contributed by atoms with Crippen LogP contribution in [0, 0.1) is 13.8 Å². The van der Waals surface area contributed by atoms with Gasteiger partial charge in [-0.1, -0.05) is 54.1 Å². The topological polar surface area (TPSA) is 42.7 Å².